The highest BCUT2D eigenvalue weighted by Crippen LogP contribution is 2.27. The zero-order valence-electron chi connectivity index (χ0n) is 18.2. The maximum atomic E-state index is 6.17. The molecule has 0 heterocycles. The third kappa shape index (κ3) is 6.75. The molecular formula is C24H34N4O2. The number of hydrogen-bond acceptors (Lipinski definition) is 4. The summed E-state index contributed by atoms with van der Waals surface area (Å²) in [5, 5.41) is 3.30. The quantitative estimate of drug-likeness (QED) is 0.464. The van der Waals surface area contributed by atoms with Crippen LogP contribution in [0.2, 0.25) is 0 Å². The number of nitrogens with zero attached hydrogens (tertiary/aromatic N) is 2. The lowest BCUT2D eigenvalue weighted by atomic mass is 9.90. The van der Waals surface area contributed by atoms with Gasteiger partial charge in [-0.3, -0.25) is 0 Å². The molecule has 0 fully saturated rings. The van der Waals surface area contributed by atoms with Gasteiger partial charge in [-0.2, -0.15) is 0 Å². The highest BCUT2D eigenvalue weighted by atomic mass is 16.5. The number of likely N-dealkylation sites (N-methyl/N-ethyl adjacent to an activating group) is 1. The number of nitrogens with two attached hydrogens (primary N) is 1. The summed E-state index contributed by atoms with van der Waals surface area (Å²) in [6.45, 7) is 3.62. The second-order valence-corrected chi connectivity index (χ2v) is 7.77. The first-order valence-electron chi connectivity index (χ1n) is 10.7. The van der Waals surface area contributed by atoms with Gasteiger partial charge in [0.15, 0.2) is 5.96 Å². The van der Waals surface area contributed by atoms with Crippen molar-refractivity contribution >= 4 is 11.6 Å². The van der Waals surface area contributed by atoms with Crippen LogP contribution in [-0.2, 0) is 24.1 Å². The first kappa shape index (κ1) is 22.1. The minimum Gasteiger partial charge on any atom is -0.492 e. The molecule has 162 valence electrons. The molecule has 30 heavy (non-hydrogen) atoms. The molecule has 3 N–H and O–H groups in total. The Labute approximate surface area is 180 Å². The fourth-order valence-corrected chi connectivity index (χ4v) is 3.66. The monoisotopic (exact) mass is 410 g/mol. The van der Waals surface area contributed by atoms with Gasteiger partial charge < -0.3 is 25.4 Å². The number of methoxy groups -OCH3 is 1. The van der Waals surface area contributed by atoms with Gasteiger partial charge in [-0.05, 0) is 67.6 Å². The van der Waals surface area contributed by atoms with Crippen LogP contribution >= 0.6 is 0 Å². The minimum atomic E-state index is 0.445. The van der Waals surface area contributed by atoms with E-state index in [-0.39, 0.29) is 0 Å². The summed E-state index contributed by atoms with van der Waals surface area (Å²) in [5.41, 5.74) is 11.1. The summed E-state index contributed by atoms with van der Waals surface area (Å²) < 4.78 is 11.0. The van der Waals surface area contributed by atoms with Gasteiger partial charge in [-0.15, -0.1) is 0 Å². The van der Waals surface area contributed by atoms with Crippen molar-refractivity contribution in [1.82, 2.24) is 4.90 Å². The maximum absolute atomic E-state index is 6.17. The Morgan fingerprint density at radius 2 is 1.90 bits per heavy atom. The van der Waals surface area contributed by atoms with Crippen LogP contribution in [-0.4, -0.2) is 51.3 Å². The summed E-state index contributed by atoms with van der Waals surface area (Å²) in [5.74, 6) is 1.30. The van der Waals surface area contributed by atoms with Crippen LogP contribution in [0.4, 0.5) is 5.69 Å². The number of ether oxygens (including phenoxy) is 2. The van der Waals surface area contributed by atoms with Crippen molar-refractivity contribution in [2.45, 2.75) is 32.2 Å². The number of hydrogen-bond donors (Lipinski definition) is 2. The molecule has 0 radical (unpaired) electrons. The van der Waals surface area contributed by atoms with Crippen molar-refractivity contribution < 1.29 is 9.47 Å². The largest absolute Gasteiger partial charge is 0.492 e. The highest BCUT2D eigenvalue weighted by molar-refractivity contribution is 5.93. The minimum absolute atomic E-state index is 0.445. The Bertz CT molecular complexity index is 838. The van der Waals surface area contributed by atoms with E-state index >= 15 is 0 Å². The SMILES string of the molecule is COCCN(C)CCOc1cccc(CN=C(N)Nc2cccc3c2CCCC3)c1. The van der Waals surface area contributed by atoms with Crippen molar-refractivity contribution in [1.29, 1.82) is 0 Å². The first-order valence-corrected chi connectivity index (χ1v) is 10.7. The third-order valence-corrected chi connectivity index (χ3v) is 5.41. The van der Waals surface area contributed by atoms with Gasteiger partial charge >= 0.3 is 0 Å². The molecule has 0 saturated heterocycles. The number of rotatable bonds is 10. The molecule has 0 saturated carbocycles. The molecule has 2 aromatic rings. The topological polar surface area (TPSA) is 72.1 Å². The standard InChI is InChI=1S/C24H34N4O2/c1-28(13-15-29-2)14-16-30-21-10-5-7-19(17-21)18-26-24(25)27-23-12-6-9-20-8-3-4-11-22(20)23/h5-7,9-10,12,17H,3-4,8,11,13-16,18H2,1-2H3,(H3,25,26,27). The number of aliphatic imine (C=N–C) groups is 1. The van der Waals surface area contributed by atoms with Crippen LogP contribution in [0.15, 0.2) is 47.5 Å². The second-order valence-electron chi connectivity index (χ2n) is 7.77. The zero-order valence-corrected chi connectivity index (χ0v) is 18.2. The maximum Gasteiger partial charge on any atom is 0.193 e. The third-order valence-electron chi connectivity index (χ3n) is 5.41. The van der Waals surface area contributed by atoms with E-state index in [0.717, 1.165) is 49.5 Å². The summed E-state index contributed by atoms with van der Waals surface area (Å²) in [6.07, 6.45) is 4.75. The Kier molecular flexibility index (Phi) is 8.53. The number of benzene rings is 2. The van der Waals surface area contributed by atoms with Gasteiger partial charge in [0.05, 0.1) is 13.2 Å². The van der Waals surface area contributed by atoms with Crippen LogP contribution in [0.3, 0.4) is 0 Å². The number of aryl methyl sites for hydroxylation is 1. The van der Waals surface area contributed by atoms with Crippen molar-refractivity contribution in [3.05, 3.63) is 59.2 Å². The Balaban J connectivity index is 1.51. The van der Waals surface area contributed by atoms with Gasteiger partial charge in [0.2, 0.25) is 0 Å². The molecule has 0 spiro atoms. The van der Waals surface area contributed by atoms with E-state index in [0.29, 0.717) is 19.1 Å². The Morgan fingerprint density at radius 1 is 1.10 bits per heavy atom. The first-order chi connectivity index (χ1) is 14.7. The molecule has 0 aliphatic heterocycles. The van der Waals surface area contributed by atoms with Crippen molar-refractivity contribution in [3.8, 4) is 5.75 Å². The summed E-state index contributed by atoms with van der Waals surface area (Å²) >= 11 is 0. The average molecular weight is 411 g/mol. The molecule has 6 nitrogen and oxygen atoms in total. The van der Waals surface area contributed by atoms with Crippen LogP contribution in [0.25, 0.3) is 0 Å². The lowest BCUT2D eigenvalue weighted by Gasteiger charge is -2.19. The van der Waals surface area contributed by atoms with Crippen molar-refractivity contribution in [2.24, 2.45) is 10.7 Å². The molecule has 0 aromatic heterocycles. The second kappa shape index (κ2) is 11.6. The molecule has 0 bridgehead atoms. The van der Waals surface area contributed by atoms with Crippen LogP contribution in [0.5, 0.6) is 5.75 Å². The fraction of sp³-hybridized carbons (Fsp3) is 0.458. The van der Waals surface area contributed by atoms with E-state index in [9.17, 15) is 0 Å². The van der Waals surface area contributed by atoms with E-state index in [4.69, 9.17) is 15.2 Å². The molecule has 3 rings (SSSR count). The van der Waals surface area contributed by atoms with Gasteiger partial charge in [0, 0.05) is 25.9 Å². The normalized spacial score (nSPS) is 13.9. The van der Waals surface area contributed by atoms with E-state index < -0.39 is 0 Å². The zero-order chi connectivity index (χ0) is 21.2. The molecule has 0 amide bonds. The summed E-state index contributed by atoms with van der Waals surface area (Å²) in [6, 6.07) is 14.4. The molecule has 2 aromatic carbocycles. The molecule has 1 aliphatic carbocycles. The lowest BCUT2D eigenvalue weighted by molar-refractivity contribution is 0.150. The summed E-state index contributed by atoms with van der Waals surface area (Å²) in [7, 11) is 3.78. The van der Waals surface area contributed by atoms with Gasteiger partial charge in [0.25, 0.3) is 0 Å². The summed E-state index contributed by atoms with van der Waals surface area (Å²) in [4.78, 5) is 6.71. The number of fused-ring (bicyclic) bond motifs is 1. The van der Waals surface area contributed by atoms with Crippen LogP contribution in [0.1, 0.15) is 29.5 Å². The lowest BCUT2D eigenvalue weighted by Crippen LogP contribution is -2.27. The van der Waals surface area contributed by atoms with E-state index in [1.807, 2.05) is 24.3 Å². The fourth-order valence-electron chi connectivity index (χ4n) is 3.66. The molecule has 0 atom stereocenters. The Hall–Kier alpha value is -2.57. The molecule has 1 aliphatic rings. The van der Waals surface area contributed by atoms with E-state index in [1.165, 1.54) is 24.0 Å². The number of anilines is 1. The van der Waals surface area contributed by atoms with Crippen LogP contribution < -0.4 is 15.8 Å². The highest BCUT2D eigenvalue weighted by Gasteiger charge is 2.13. The van der Waals surface area contributed by atoms with Gasteiger partial charge in [-0.25, -0.2) is 4.99 Å². The smallest absolute Gasteiger partial charge is 0.193 e. The molecule has 6 heteroatoms. The van der Waals surface area contributed by atoms with Crippen molar-refractivity contribution in [3.63, 3.8) is 0 Å². The number of nitrogens with one attached hydrogen (secondary N) is 1. The van der Waals surface area contributed by atoms with E-state index in [1.54, 1.807) is 7.11 Å². The average Bonchev–Trinajstić information content (AvgIpc) is 2.77. The number of guanidine groups is 1. The molecule has 0 unspecified atom stereocenters. The predicted molar refractivity (Wildman–Crippen MR) is 123 cm³/mol. The molecular weight excluding hydrogens is 376 g/mol. The van der Waals surface area contributed by atoms with Crippen molar-refractivity contribution in [2.75, 3.05) is 45.8 Å². The van der Waals surface area contributed by atoms with E-state index in [2.05, 4.69) is 40.5 Å². The predicted octanol–water partition coefficient (Wildman–Crippen LogP) is 3.45. The Morgan fingerprint density at radius 3 is 2.77 bits per heavy atom. The van der Waals surface area contributed by atoms with Crippen LogP contribution in [0, 0.1) is 0 Å². The van der Waals surface area contributed by atoms with Gasteiger partial charge in [0.1, 0.15) is 12.4 Å². The van der Waals surface area contributed by atoms with Gasteiger partial charge in [-0.1, -0.05) is 24.3 Å².